The molecule has 0 unspecified atom stereocenters. The summed E-state index contributed by atoms with van der Waals surface area (Å²) >= 11 is 0. The molecule has 0 bridgehead atoms. The van der Waals surface area contributed by atoms with E-state index in [1.165, 1.54) is 37.7 Å². The molecular formula is C23H16O. The number of phenolic OH excluding ortho intramolecular Hbond substituents is 1. The number of hydrogen-bond acceptors (Lipinski definition) is 1. The molecule has 0 amide bonds. The molecule has 0 aliphatic rings. The van der Waals surface area contributed by atoms with Crippen molar-refractivity contribution >= 4 is 43.1 Å². The zero-order valence-corrected chi connectivity index (χ0v) is 13.4. The minimum atomic E-state index is 0.355. The number of hydrogen-bond donors (Lipinski definition) is 1. The van der Waals surface area contributed by atoms with Crippen molar-refractivity contribution in [1.29, 1.82) is 0 Å². The highest BCUT2D eigenvalue weighted by Crippen LogP contribution is 2.36. The molecule has 0 spiro atoms. The highest BCUT2D eigenvalue weighted by Gasteiger charge is 2.08. The third kappa shape index (κ3) is 1.75. The van der Waals surface area contributed by atoms with Gasteiger partial charge in [0.15, 0.2) is 0 Å². The van der Waals surface area contributed by atoms with Crippen LogP contribution in [0.5, 0.6) is 5.75 Å². The summed E-state index contributed by atoms with van der Waals surface area (Å²) in [6.07, 6.45) is 0. The average Bonchev–Trinajstić information content (AvgIpc) is 2.62. The molecule has 1 N–H and O–H groups in total. The van der Waals surface area contributed by atoms with Crippen molar-refractivity contribution in [3.63, 3.8) is 0 Å². The Morgan fingerprint density at radius 2 is 1.12 bits per heavy atom. The lowest BCUT2D eigenvalue weighted by atomic mass is 9.93. The fourth-order valence-corrected chi connectivity index (χ4v) is 3.78. The second-order valence-corrected chi connectivity index (χ2v) is 6.47. The lowest BCUT2D eigenvalue weighted by Gasteiger charge is -2.11. The summed E-state index contributed by atoms with van der Waals surface area (Å²) in [4.78, 5) is 0. The van der Waals surface area contributed by atoms with Crippen LogP contribution in [0.1, 0.15) is 5.56 Å². The van der Waals surface area contributed by atoms with Crippen LogP contribution in [0.3, 0.4) is 0 Å². The van der Waals surface area contributed by atoms with Crippen LogP contribution in [0.15, 0.2) is 72.8 Å². The number of aromatic hydroxyl groups is 1. The molecule has 24 heavy (non-hydrogen) atoms. The second-order valence-electron chi connectivity index (χ2n) is 6.47. The van der Waals surface area contributed by atoms with Crippen LogP contribution in [0.4, 0.5) is 0 Å². The van der Waals surface area contributed by atoms with E-state index in [0.717, 1.165) is 10.9 Å². The Hall–Kier alpha value is -3.06. The quantitative estimate of drug-likeness (QED) is 0.332. The molecule has 0 aliphatic carbocycles. The van der Waals surface area contributed by atoms with Crippen LogP contribution >= 0.6 is 0 Å². The van der Waals surface area contributed by atoms with E-state index >= 15 is 0 Å². The number of rotatable bonds is 0. The van der Waals surface area contributed by atoms with Gasteiger partial charge in [0, 0.05) is 0 Å². The summed E-state index contributed by atoms with van der Waals surface area (Å²) in [6.45, 7) is 1.95. The maximum absolute atomic E-state index is 9.98. The Morgan fingerprint density at radius 1 is 0.542 bits per heavy atom. The zero-order chi connectivity index (χ0) is 16.3. The van der Waals surface area contributed by atoms with Crippen LogP contribution in [0, 0.1) is 6.92 Å². The largest absolute Gasteiger partial charge is 0.508 e. The van der Waals surface area contributed by atoms with Crippen LogP contribution < -0.4 is 0 Å². The third-order valence-electron chi connectivity index (χ3n) is 5.06. The summed E-state index contributed by atoms with van der Waals surface area (Å²) in [6, 6.07) is 25.6. The minimum Gasteiger partial charge on any atom is -0.508 e. The Kier molecular flexibility index (Phi) is 2.63. The molecule has 0 saturated carbocycles. The molecule has 114 valence electrons. The molecule has 0 aliphatic heterocycles. The zero-order valence-electron chi connectivity index (χ0n) is 13.4. The molecule has 0 aromatic heterocycles. The van der Waals surface area contributed by atoms with Crippen molar-refractivity contribution in [3.8, 4) is 5.75 Å². The van der Waals surface area contributed by atoms with E-state index in [2.05, 4.69) is 66.7 Å². The number of fused-ring (bicyclic) bond motifs is 7. The van der Waals surface area contributed by atoms with Gasteiger partial charge in [0.25, 0.3) is 0 Å². The Labute approximate surface area is 139 Å². The van der Waals surface area contributed by atoms with Gasteiger partial charge >= 0.3 is 0 Å². The predicted octanol–water partition coefficient (Wildman–Crippen LogP) is 6.31. The van der Waals surface area contributed by atoms with Crippen molar-refractivity contribution in [2.24, 2.45) is 0 Å². The third-order valence-corrected chi connectivity index (χ3v) is 5.06. The molecule has 0 saturated heterocycles. The first-order chi connectivity index (χ1) is 11.7. The van der Waals surface area contributed by atoms with Crippen LogP contribution in [0.2, 0.25) is 0 Å². The second kappa shape index (κ2) is 4.72. The van der Waals surface area contributed by atoms with Crippen molar-refractivity contribution < 1.29 is 5.11 Å². The van der Waals surface area contributed by atoms with Gasteiger partial charge in [-0.05, 0) is 67.7 Å². The minimum absolute atomic E-state index is 0.355. The van der Waals surface area contributed by atoms with Crippen molar-refractivity contribution in [2.75, 3.05) is 0 Å². The molecule has 5 aromatic rings. The van der Waals surface area contributed by atoms with E-state index in [1.54, 1.807) is 0 Å². The monoisotopic (exact) mass is 308 g/mol. The first kappa shape index (κ1) is 13.4. The molecule has 5 rings (SSSR count). The van der Waals surface area contributed by atoms with Gasteiger partial charge in [0.1, 0.15) is 5.75 Å². The van der Waals surface area contributed by atoms with E-state index in [-0.39, 0.29) is 0 Å². The molecule has 0 radical (unpaired) electrons. The van der Waals surface area contributed by atoms with Crippen molar-refractivity contribution in [2.45, 2.75) is 6.92 Å². The van der Waals surface area contributed by atoms with E-state index in [4.69, 9.17) is 0 Å². The fraction of sp³-hybridized carbons (Fsp3) is 0.0435. The Balaban J connectivity index is 1.99. The standard InChI is InChI=1S/C23H16O/c1-14-12-22-16(13-23(14)24)7-9-20-19-8-6-15-4-2-3-5-17(15)18(19)10-11-21(20)22/h2-13,24H,1H3. The summed E-state index contributed by atoms with van der Waals surface area (Å²) in [5.41, 5.74) is 0.911. The first-order valence-electron chi connectivity index (χ1n) is 8.19. The van der Waals surface area contributed by atoms with Gasteiger partial charge in [-0.1, -0.05) is 60.7 Å². The van der Waals surface area contributed by atoms with E-state index < -0.39 is 0 Å². The summed E-state index contributed by atoms with van der Waals surface area (Å²) in [5, 5.41) is 19.9. The molecule has 1 nitrogen and oxygen atoms in total. The molecule has 0 fully saturated rings. The molecule has 5 aromatic carbocycles. The summed E-state index contributed by atoms with van der Waals surface area (Å²) < 4.78 is 0. The Bertz CT molecular complexity index is 1270. The van der Waals surface area contributed by atoms with Crippen LogP contribution in [-0.4, -0.2) is 5.11 Å². The predicted molar refractivity (Wildman–Crippen MR) is 103 cm³/mol. The smallest absolute Gasteiger partial charge is 0.119 e. The van der Waals surface area contributed by atoms with Gasteiger partial charge in [0.2, 0.25) is 0 Å². The van der Waals surface area contributed by atoms with Crippen LogP contribution in [-0.2, 0) is 0 Å². The Morgan fingerprint density at radius 3 is 1.92 bits per heavy atom. The fourth-order valence-electron chi connectivity index (χ4n) is 3.78. The van der Waals surface area contributed by atoms with Gasteiger partial charge in [0.05, 0.1) is 0 Å². The van der Waals surface area contributed by atoms with Gasteiger partial charge in [-0.3, -0.25) is 0 Å². The topological polar surface area (TPSA) is 20.2 Å². The lowest BCUT2D eigenvalue weighted by Crippen LogP contribution is -1.84. The van der Waals surface area contributed by atoms with Crippen molar-refractivity contribution in [1.82, 2.24) is 0 Å². The van der Waals surface area contributed by atoms with E-state index in [0.29, 0.717) is 5.75 Å². The summed E-state index contributed by atoms with van der Waals surface area (Å²) in [5.74, 6) is 0.355. The normalized spacial score (nSPS) is 11.7. The molecule has 1 heteroatoms. The molecule has 0 heterocycles. The highest BCUT2D eigenvalue weighted by molar-refractivity contribution is 6.22. The van der Waals surface area contributed by atoms with Gasteiger partial charge in [-0.2, -0.15) is 0 Å². The van der Waals surface area contributed by atoms with Gasteiger partial charge < -0.3 is 5.11 Å². The summed E-state index contributed by atoms with van der Waals surface area (Å²) in [7, 11) is 0. The number of aryl methyl sites for hydroxylation is 1. The molecular weight excluding hydrogens is 292 g/mol. The van der Waals surface area contributed by atoms with Gasteiger partial charge in [-0.15, -0.1) is 0 Å². The van der Waals surface area contributed by atoms with E-state index in [1.807, 2.05) is 13.0 Å². The van der Waals surface area contributed by atoms with Gasteiger partial charge in [-0.25, -0.2) is 0 Å². The van der Waals surface area contributed by atoms with Crippen molar-refractivity contribution in [3.05, 3.63) is 78.4 Å². The lowest BCUT2D eigenvalue weighted by molar-refractivity contribution is 0.472. The van der Waals surface area contributed by atoms with Crippen LogP contribution in [0.25, 0.3) is 43.1 Å². The average molecular weight is 308 g/mol. The highest BCUT2D eigenvalue weighted by atomic mass is 16.3. The number of phenols is 1. The first-order valence-corrected chi connectivity index (χ1v) is 8.19. The molecule has 0 atom stereocenters. The number of benzene rings is 5. The maximum atomic E-state index is 9.98. The maximum Gasteiger partial charge on any atom is 0.119 e. The SMILES string of the molecule is Cc1cc2c(ccc3c2ccc2c4ccccc4ccc23)cc1O. The van der Waals surface area contributed by atoms with E-state index in [9.17, 15) is 5.11 Å².